The summed E-state index contributed by atoms with van der Waals surface area (Å²) in [7, 11) is -1.25. The highest BCUT2D eigenvalue weighted by molar-refractivity contribution is 7.72. The van der Waals surface area contributed by atoms with E-state index in [1.165, 1.54) is 7.11 Å². The van der Waals surface area contributed by atoms with Gasteiger partial charge in [0.15, 0.2) is 10.7 Å². The first kappa shape index (κ1) is 12.4. The number of nitrogens with two attached hydrogens (primary N) is 1. The van der Waals surface area contributed by atoms with Gasteiger partial charge < -0.3 is 10.5 Å². The fourth-order valence-electron chi connectivity index (χ4n) is 1.73. The summed E-state index contributed by atoms with van der Waals surface area (Å²) in [5.41, 5.74) is 8.00. The predicted octanol–water partition coefficient (Wildman–Crippen LogP) is 1.91. The maximum atomic E-state index is 11.2. The number of nitrogen functional groups attached to an aromatic ring is 1. The molecular weight excluding hydrogens is 250 g/mol. The van der Waals surface area contributed by atoms with Gasteiger partial charge in [-0.15, -0.1) is 0 Å². The van der Waals surface area contributed by atoms with Crippen molar-refractivity contribution in [3.63, 3.8) is 0 Å². The number of methoxy groups -OCH3 is 1. The van der Waals surface area contributed by atoms with E-state index in [4.69, 9.17) is 10.5 Å². The highest BCUT2D eigenvalue weighted by Crippen LogP contribution is 2.28. The molecule has 2 N–H and O–H groups in total. The second-order valence-electron chi connectivity index (χ2n) is 3.77. The van der Waals surface area contributed by atoms with Crippen LogP contribution in [0.4, 0.5) is 5.69 Å². The molecule has 0 aliphatic heterocycles. The third-order valence-electron chi connectivity index (χ3n) is 2.60. The molecule has 18 heavy (non-hydrogen) atoms. The van der Waals surface area contributed by atoms with Crippen LogP contribution in [0.15, 0.2) is 47.4 Å². The number of thiol groups is 1. The van der Waals surface area contributed by atoms with Gasteiger partial charge in [-0.05, 0) is 35.4 Å². The fraction of sp³-hybridized carbons (Fsp3) is 0.0769. The Morgan fingerprint density at radius 1 is 1.06 bits per heavy atom. The van der Waals surface area contributed by atoms with Gasteiger partial charge in [-0.2, -0.15) is 0 Å². The van der Waals surface area contributed by atoms with Gasteiger partial charge in [-0.25, -0.2) is 8.42 Å². The third-order valence-corrected chi connectivity index (χ3v) is 3.34. The van der Waals surface area contributed by atoms with Crippen molar-refractivity contribution in [3.8, 4) is 16.9 Å². The molecule has 2 aromatic rings. The fourth-order valence-corrected chi connectivity index (χ4v) is 2.32. The van der Waals surface area contributed by atoms with Crippen LogP contribution in [0.3, 0.4) is 0 Å². The van der Waals surface area contributed by atoms with Gasteiger partial charge in [0.05, 0.1) is 7.11 Å². The first-order chi connectivity index (χ1) is 8.61. The quantitative estimate of drug-likeness (QED) is 0.655. The molecular formula is C13H13NO3S. The van der Waals surface area contributed by atoms with Crippen molar-refractivity contribution in [2.45, 2.75) is 4.90 Å². The number of benzene rings is 2. The monoisotopic (exact) mass is 263 g/mol. The van der Waals surface area contributed by atoms with Crippen LogP contribution in [0.25, 0.3) is 11.1 Å². The number of rotatable bonds is 3. The summed E-state index contributed by atoms with van der Waals surface area (Å²) in [6.07, 6.45) is 0. The van der Waals surface area contributed by atoms with Gasteiger partial charge in [-0.1, -0.05) is 18.2 Å². The molecule has 4 nitrogen and oxygen atoms in total. The maximum Gasteiger partial charge on any atom is 0.171 e. The first-order valence-corrected chi connectivity index (χ1v) is 6.48. The summed E-state index contributed by atoms with van der Waals surface area (Å²) in [4.78, 5) is 0.174. The van der Waals surface area contributed by atoms with Gasteiger partial charge in [0.25, 0.3) is 0 Å². The van der Waals surface area contributed by atoms with Crippen molar-refractivity contribution in [1.82, 2.24) is 0 Å². The molecule has 0 fully saturated rings. The summed E-state index contributed by atoms with van der Waals surface area (Å²) in [5.74, 6) is 0.346. The van der Waals surface area contributed by atoms with E-state index >= 15 is 0 Å². The lowest BCUT2D eigenvalue weighted by molar-refractivity contribution is 0.403. The van der Waals surface area contributed by atoms with E-state index in [2.05, 4.69) is 0 Å². The molecule has 0 bridgehead atoms. The Kier molecular flexibility index (Phi) is 3.53. The standard InChI is InChI=1S/C13H13NO3S/c1-17-12-6-5-10(8-13(12)18(15)16)9-3-2-4-11(14)7-9/h2-8,18H,14H2,1H3. The van der Waals surface area contributed by atoms with E-state index in [9.17, 15) is 8.42 Å². The lowest BCUT2D eigenvalue weighted by Gasteiger charge is -2.07. The zero-order valence-corrected chi connectivity index (χ0v) is 10.7. The minimum atomic E-state index is -2.69. The van der Waals surface area contributed by atoms with Crippen LogP contribution < -0.4 is 10.5 Å². The number of anilines is 1. The van der Waals surface area contributed by atoms with Crippen LogP contribution in [0, 0.1) is 0 Å². The second kappa shape index (κ2) is 5.10. The average Bonchev–Trinajstić information content (AvgIpc) is 2.38. The van der Waals surface area contributed by atoms with Crippen molar-refractivity contribution < 1.29 is 13.2 Å². The third kappa shape index (κ3) is 2.46. The molecule has 0 aromatic heterocycles. The Bertz CT molecular complexity index is 642. The van der Waals surface area contributed by atoms with E-state index in [1.807, 2.05) is 12.1 Å². The molecule has 0 aliphatic rings. The van der Waals surface area contributed by atoms with E-state index < -0.39 is 10.7 Å². The van der Waals surface area contributed by atoms with Gasteiger partial charge in [-0.3, -0.25) is 0 Å². The topological polar surface area (TPSA) is 69.4 Å². The summed E-state index contributed by atoms with van der Waals surface area (Å²) < 4.78 is 27.3. The Balaban J connectivity index is 2.57. The van der Waals surface area contributed by atoms with Crippen LogP contribution in [-0.4, -0.2) is 15.5 Å². The zero-order chi connectivity index (χ0) is 13.1. The largest absolute Gasteiger partial charge is 0.495 e. The van der Waals surface area contributed by atoms with Gasteiger partial charge in [0.2, 0.25) is 0 Å². The molecule has 2 rings (SSSR count). The number of ether oxygens (including phenoxy) is 1. The maximum absolute atomic E-state index is 11.2. The van der Waals surface area contributed by atoms with Crippen LogP contribution >= 0.6 is 0 Å². The van der Waals surface area contributed by atoms with Crippen LogP contribution in [0.2, 0.25) is 0 Å². The summed E-state index contributed by atoms with van der Waals surface area (Å²) in [5, 5.41) is 0. The number of hydrogen-bond acceptors (Lipinski definition) is 4. The molecule has 0 heterocycles. The molecule has 0 saturated carbocycles. The Morgan fingerprint density at radius 2 is 1.78 bits per heavy atom. The number of hydrogen-bond donors (Lipinski definition) is 2. The van der Waals surface area contributed by atoms with Crippen molar-refractivity contribution >= 4 is 16.4 Å². The van der Waals surface area contributed by atoms with E-state index in [0.29, 0.717) is 11.4 Å². The van der Waals surface area contributed by atoms with Crippen LogP contribution in [0.5, 0.6) is 5.75 Å². The second-order valence-corrected chi connectivity index (χ2v) is 4.77. The van der Waals surface area contributed by atoms with Gasteiger partial charge in [0, 0.05) is 5.69 Å². The summed E-state index contributed by atoms with van der Waals surface area (Å²) in [6.45, 7) is 0. The molecule has 0 atom stereocenters. The predicted molar refractivity (Wildman–Crippen MR) is 71.4 cm³/mol. The average molecular weight is 263 g/mol. The normalized spacial score (nSPS) is 10.6. The van der Waals surface area contributed by atoms with E-state index in [-0.39, 0.29) is 4.90 Å². The van der Waals surface area contributed by atoms with Crippen molar-refractivity contribution in [1.29, 1.82) is 0 Å². The molecule has 0 spiro atoms. The lowest BCUT2D eigenvalue weighted by atomic mass is 10.1. The molecule has 0 unspecified atom stereocenters. The SMILES string of the molecule is COc1ccc(-c2cccc(N)c2)cc1[SH](=O)=O. The van der Waals surface area contributed by atoms with E-state index in [1.54, 1.807) is 30.3 Å². The Morgan fingerprint density at radius 3 is 2.39 bits per heavy atom. The zero-order valence-electron chi connectivity index (χ0n) is 9.79. The first-order valence-electron chi connectivity index (χ1n) is 5.30. The van der Waals surface area contributed by atoms with Crippen LogP contribution in [-0.2, 0) is 10.7 Å². The minimum absolute atomic E-state index is 0.174. The lowest BCUT2D eigenvalue weighted by Crippen LogP contribution is -1.91. The van der Waals surface area contributed by atoms with E-state index in [0.717, 1.165) is 11.1 Å². The molecule has 0 saturated heterocycles. The molecule has 0 radical (unpaired) electrons. The molecule has 0 amide bonds. The van der Waals surface area contributed by atoms with Crippen molar-refractivity contribution in [2.24, 2.45) is 0 Å². The smallest absolute Gasteiger partial charge is 0.171 e. The van der Waals surface area contributed by atoms with Gasteiger partial charge >= 0.3 is 0 Å². The Hall–Kier alpha value is -2.01. The Labute approximate surface area is 107 Å². The summed E-state index contributed by atoms with van der Waals surface area (Å²) in [6, 6.07) is 12.3. The highest BCUT2D eigenvalue weighted by atomic mass is 32.2. The minimum Gasteiger partial charge on any atom is -0.495 e. The van der Waals surface area contributed by atoms with Gasteiger partial charge in [0.1, 0.15) is 10.6 Å². The molecule has 5 heteroatoms. The van der Waals surface area contributed by atoms with Crippen molar-refractivity contribution in [2.75, 3.05) is 12.8 Å². The molecule has 2 aromatic carbocycles. The molecule has 94 valence electrons. The molecule has 0 aliphatic carbocycles. The summed E-state index contributed by atoms with van der Waals surface area (Å²) >= 11 is 0. The van der Waals surface area contributed by atoms with Crippen molar-refractivity contribution in [3.05, 3.63) is 42.5 Å². The van der Waals surface area contributed by atoms with Crippen LogP contribution in [0.1, 0.15) is 0 Å². The highest BCUT2D eigenvalue weighted by Gasteiger charge is 2.08.